The Morgan fingerprint density at radius 1 is 1.08 bits per heavy atom. The fourth-order valence-electron chi connectivity index (χ4n) is 3.09. The van der Waals surface area contributed by atoms with Crippen molar-refractivity contribution in [3.63, 3.8) is 0 Å². The number of hydrogen-bond donors (Lipinski definition) is 0. The molecule has 0 spiro atoms. The molecule has 1 heterocycles. The van der Waals surface area contributed by atoms with Crippen molar-refractivity contribution in [2.75, 3.05) is 0 Å². The van der Waals surface area contributed by atoms with Gasteiger partial charge < -0.3 is 0 Å². The van der Waals surface area contributed by atoms with Crippen molar-refractivity contribution < 1.29 is 4.39 Å². The minimum Gasteiger partial charge on any atom is -0.268 e. The fraction of sp³-hybridized carbons (Fsp3) is 0.263. The van der Waals surface area contributed by atoms with Crippen LogP contribution < -0.4 is 5.56 Å². The summed E-state index contributed by atoms with van der Waals surface area (Å²) < 4.78 is 16.5. The molecule has 24 heavy (non-hydrogen) atoms. The molecule has 0 amide bonds. The second-order valence-electron chi connectivity index (χ2n) is 6.03. The highest BCUT2D eigenvalue weighted by molar-refractivity contribution is 9.10. The third kappa shape index (κ3) is 2.67. The normalized spacial score (nSPS) is 11.2. The second-order valence-corrected chi connectivity index (χ2v) is 6.94. The quantitative estimate of drug-likeness (QED) is 0.633. The van der Waals surface area contributed by atoms with Gasteiger partial charge in [-0.05, 0) is 55.7 Å². The van der Waals surface area contributed by atoms with Gasteiger partial charge in [-0.2, -0.15) is 0 Å². The zero-order valence-electron chi connectivity index (χ0n) is 14.1. The highest BCUT2D eigenvalue weighted by atomic mass is 79.9. The summed E-state index contributed by atoms with van der Waals surface area (Å²) in [5.41, 5.74) is 3.51. The highest BCUT2D eigenvalue weighted by Crippen LogP contribution is 2.25. The van der Waals surface area contributed by atoms with Gasteiger partial charge in [0.05, 0.1) is 16.6 Å². The summed E-state index contributed by atoms with van der Waals surface area (Å²) >= 11 is 3.49. The van der Waals surface area contributed by atoms with Crippen LogP contribution in [0.3, 0.4) is 0 Å². The Labute approximate surface area is 148 Å². The zero-order chi connectivity index (χ0) is 17.6. The standard InChI is InChI=1S/C19H18BrFN2O/c1-5-17-22-16-9-15(21)10(2)8-14(16)19(24)23(17)18-11(3)6-13(20)7-12(18)4/h6-9H,5H2,1-4H3. The Morgan fingerprint density at radius 3 is 2.29 bits per heavy atom. The number of aromatic nitrogens is 2. The SMILES string of the molecule is CCc1nc2cc(F)c(C)cc2c(=O)n1-c1c(C)cc(Br)cc1C. The van der Waals surface area contributed by atoms with Crippen LogP contribution in [0.5, 0.6) is 0 Å². The van der Waals surface area contributed by atoms with E-state index >= 15 is 0 Å². The molecule has 0 atom stereocenters. The third-order valence-corrected chi connectivity index (χ3v) is 4.67. The molecule has 2 aromatic carbocycles. The first-order valence-corrected chi connectivity index (χ1v) is 8.61. The van der Waals surface area contributed by atoms with E-state index in [2.05, 4.69) is 20.9 Å². The third-order valence-electron chi connectivity index (χ3n) is 4.21. The predicted molar refractivity (Wildman–Crippen MR) is 98.6 cm³/mol. The number of benzene rings is 2. The van der Waals surface area contributed by atoms with E-state index in [4.69, 9.17) is 0 Å². The van der Waals surface area contributed by atoms with Crippen LogP contribution in [-0.2, 0) is 6.42 Å². The maximum Gasteiger partial charge on any atom is 0.265 e. The molecule has 0 fully saturated rings. The average Bonchev–Trinajstić information content (AvgIpc) is 2.50. The van der Waals surface area contributed by atoms with Crippen LogP contribution >= 0.6 is 15.9 Å². The molecule has 124 valence electrons. The van der Waals surface area contributed by atoms with Crippen molar-refractivity contribution in [2.45, 2.75) is 34.1 Å². The maximum atomic E-state index is 13.9. The average molecular weight is 389 g/mol. The highest BCUT2D eigenvalue weighted by Gasteiger charge is 2.16. The molecule has 0 saturated carbocycles. The van der Waals surface area contributed by atoms with E-state index in [1.807, 2.05) is 32.9 Å². The molecule has 3 aromatic rings. The number of fused-ring (bicyclic) bond motifs is 1. The molecule has 0 bridgehead atoms. The molecule has 0 radical (unpaired) electrons. The lowest BCUT2D eigenvalue weighted by Gasteiger charge is -2.17. The molecule has 0 aliphatic carbocycles. The Kier molecular flexibility index (Phi) is 4.30. The first kappa shape index (κ1) is 16.8. The molecule has 0 saturated heterocycles. The molecule has 0 N–H and O–H groups in total. The van der Waals surface area contributed by atoms with Crippen molar-refractivity contribution in [1.29, 1.82) is 0 Å². The van der Waals surface area contributed by atoms with Crippen LogP contribution in [-0.4, -0.2) is 9.55 Å². The molecular weight excluding hydrogens is 371 g/mol. The van der Waals surface area contributed by atoms with Crippen LogP contribution in [0.2, 0.25) is 0 Å². The van der Waals surface area contributed by atoms with Gasteiger partial charge >= 0.3 is 0 Å². The van der Waals surface area contributed by atoms with E-state index in [1.165, 1.54) is 6.07 Å². The van der Waals surface area contributed by atoms with Gasteiger partial charge in [0.2, 0.25) is 0 Å². The minimum atomic E-state index is -0.342. The molecule has 0 unspecified atom stereocenters. The molecule has 1 aromatic heterocycles. The van der Waals surface area contributed by atoms with Crippen LogP contribution in [0, 0.1) is 26.6 Å². The van der Waals surface area contributed by atoms with Gasteiger partial charge in [-0.1, -0.05) is 22.9 Å². The van der Waals surface area contributed by atoms with Crippen molar-refractivity contribution in [2.24, 2.45) is 0 Å². The van der Waals surface area contributed by atoms with E-state index < -0.39 is 0 Å². The first-order valence-electron chi connectivity index (χ1n) is 7.82. The van der Waals surface area contributed by atoms with Gasteiger partial charge in [-0.15, -0.1) is 0 Å². The van der Waals surface area contributed by atoms with Crippen LogP contribution in [0.25, 0.3) is 16.6 Å². The lowest BCUT2D eigenvalue weighted by atomic mass is 10.1. The fourth-order valence-corrected chi connectivity index (χ4v) is 3.77. The van der Waals surface area contributed by atoms with Crippen molar-refractivity contribution in [3.8, 4) is 5.69 Å². The van der Waals surface area contributed by atoms with Crippen LogP contribution in [0.15, 0.2) is 33.5 Å². The summed E-state index contributed by atoms with van der Waals surface area (Å²) in [6.45, 7) is 7.54. The zero-order valence-corrected chi connectivity index (χ0v) is 15.7. The Bertz CT molecular complexity index is 1000. The van der Waals surface area contributed by atoms with Crippen molar-refractivity contribution in [1.82, 2.24) is 9.55 Å². The molecule has 3 rings (SSSR count). The molecule has 0 aliphatic heterocycles. The minimum absolute atomic E-state index is 0.159. The van der Waals surface area contributed by atoms with Gasteiger partial charge in [0, 0.05) is 17.0 Å². The van der Waals surface area contributed by atoms with E-state index in [-0.39, 0.29) is 11.4 Å². The summed E-state index contributed by atoms with van der Waals surface area (Å²) in [5, 5.41) is 0.438. The molecular formula is C19H18BrFN2O. The predicted octanol–water partition coefficient (Wildman–Crippen LogP) is 4.77. The van der Waals surface area contributed by atoms with Crippen LogP contribution in [0.1, 0.15) is 29.4 Å². The largest absolute Gasteiger partial charge is 0.268 e. The topological polar surface area (TPSA) is 34.9 Å². The number of rotatable bonds is 2. The van der Waals surface area contributed by atoms with Crippen LogP contribution in [0.4, 0.5) is 4.39 Å². The lowest BCUT2D eigenvalue weighted by molar-refractivity contribution is 0.620. The molecule has 3 nitrogen and oxygen atoms in total. The van der Waals surface area contributed by atoms with Gasteiger partial charge in [0.25, 0.3) is 5.56 Å². The van der Waals surface area contributed by atoms with E-state index in [0.717, 1.165) is 21.3 Å². The number of nitrogens with zero attached hydrogens (tertiary/aromatic N) is 2. The molecule has 0 aliphatic rings. The van der Waals surface area contributed by atoms with Gasteiger partial charge in [-0.3, -0.25) is 9.36 Å². The Hall–Kier alpha value is -2.01. The van der Waals surface area contributed by atoms with Crippen molar-refractivity contribution >= 4 is 26.8 Å². The van der Waals surface area contributed by atoms with E-state index in [9.17, 15) is 9.18 Å². The number of aryl methyl sites for hydroxylation is 4. The summed E-state index contributed by atoms with van der Waals surface area (Å²) in [7, 11) is 0. The Morgan fingerprint density at radius 2 is 1.71 bits per heavy atom. The van der Waals surface area contributed by atoms with E-state index in [0.29, 0.717) is 28.7 Å². The number of hydrogen-bond acceptors (Lipinski definition) is 2. The summed E-state index contributed by atoms with van der Waals surface area (Å²) in [5.74, 6) is 0.287. The van der Waals surface area contributed by atoms with E-state index in [1.54, 1.807) is 17.6 Å². The molecule has 5 heteroatoms. The summed E-state index contributed by atoms with van der Waals surface area (Å²) in [6.07, 6.45) is 0.579. The van der Waals surface area contributed by atoms with Crippen molar-refractivity contribution in [3.05, 3.63) is 67.4 Å². The second kappa shape index (κ2) is 6.13. The smallest absolute Gasteiger partial charge is 0.265 e. The monoisotopic (exact) mass is 388 g/mol. The number of halogens is 2. The Balaban J connectivity index is 2.47. The lowest BCUT2D eigenvalue weighted by Crippen LogP contribution is -2.25. The maximum absolute atomic E-state index is 13.9. The summed E-state index contributed by atoms with van der Waals surface area (Å²) in [6, 6.07) is 6.89. The van der Waals surface area contributed by atoms with Gasteiger partial charge in [0.1, 0.15) is 11.6 Å². The summed E-state index contributed by atoms with van der Waals surface area (Å²) in [4.78, 5) is 17.7. The van der Waals surface area contributed by atoms with Gasteiger partial charge in [-0.25, -0.2) is 9.37 Å². The van der Waals surface area contributed by atoms with Gasteiger partial charge in [0.15, 0.2) is 0 Å². The first-order chi connectivity index (χ1) is 11.3.